The Morgan fingerprint density at radius 3 is 3.00 bits per heavy atom. The zero-order valence-corrected chi connectivity index (χ0v) is 14.7. The molecular formula is C18H26N2O2S. The second-order valence-corrected chi connectivity index (χ2v) is 7.58. The van der Waals surface area contributed by atoms with Crippen molar-refractivity contribution >= 4 is 23.6 Å². The van der Waals surface area contributed by atoms with Gasteiger partial charge in [0.2, 0.25) is 5.91 Å². The van der Waals surface area contributed by atoms with Gasteiger partial charge < -0.3 is 10.6 Å². The fraction of sp³-hybridized carbons (Fsp3) is 0.556. The topological polar surface area (TPSA) is 58.2 Å². The predicted molar refractivity (Wildman–Crippen MR) is 95.6 cm³/mol. The summed E-state index contributed by atoms with van der Waals surface area (Å²) in [5.74, 6) is 1.31. The van der Waals surface area contributed by atoms with Crippen LogP contribution in [0.4, 0.5) is 0 Å². The lowest BCUT2D eigenvalue weighted by Gasteiger charge is -2.13. The second-order valence-electron chi connectivity index (χ2n) is 6.39. The maximum absolute atomic E-state index is 12.1. The summed E-state index contributed by atoms with van der Waals surface area (Å²) in [6.45, 7) is 5.62. The normalized spacial score (nSPS) is 18.4. The van der Waals surface area contributed by atoms with Gasteiger partial charge in [-0.15, -0.1) is 11.8 Å². The van der Waals surface area contributed by atoms with E-state index in [1.807, 2.05) is 24.3 Å². The van der Waals surface area contributed by atoms with Crippen molar-refractivity contribution in [3.05, 3.63) is 35.4 Å². The molecule has 4 nitrogen and oxygen atoms in total. The molecule has 1 aromatic carbocycles. The summed E-state index contributed by atoms with van der Waals surface area (Å²) in [7, 11) is 0. The zero-order valence-electron chi connectivity index (χ0n) is 13.9. The molecular weight excluding hydrogens is 308 g/mol. The van der Waals surface area contributed by atoms with E-state index in [2.05, 4.69) is 24.5 Å². The summed E-state index contributed by atoms with van der Waals surface area (Å²) in [4.78, 5) is 24.1. The molecule has 126 valence electrons. The quantitative estimate of drug-likeness (QED) is 0.841. The molecule has 1 aromatic rings. The van der Waals surface area contributed by atoms with Crippen LogP contribution in [-0.4, -0.2) is 30.2 Å². The van der Waals surface area contributed by atoms with E-state index in [-0.39, 0.29) is 17.1 Å². The van der Waals surface area contributed by atoms with Gasteiger partial charge >= 0.3 is 0 Å². The number of hydrogen-bond donors (Lipinski definition) is 2. The van der Waals surface area contributed by atoms with Crippen LogP contribution >= 0.6 is 11.8 Å². The van der Waals surface area contributed by atoms with Crippen molar-refractivity contribution in [2.24, 2.45) is 5.92 Å². The van der Waals surface area contributed by atoms with Gasteiger partial charge in [-0.1, -0.05) is 32.4 Å². The molecule has 23 heavy (non-hydrogen) atoms. The Morgan fingerprint density at radius 1 is 1.39 bits per heavy atom. The highest BCUT2D eigenvalue weighted by Crippen LogP contribution is 2.24. The lowest BCUT2D eigenvalue weighted by atomic mass is 10.1. The largest absolute Gasteiger partial charge is 0.355 e. The fourth-order valence-electron chi connectivity index (χ4n) is 2.47. The summed E-state index contributed by atoms with van der Waals surface area (Å²) in [6.07, 6.45) is 3.09. The third-order valence-electron chi connectivity index (χ3n) is 3.80. The van der Waals surface area contributed by atoms with Gasteiger partial charge in [-0.05, 0) is 36.5 Å². The van der Waals surface area contributed by atoms with Gasteiger partial charge in [-0.2, -0.15) is 0 Å². The van der Waals surface area contributed by atoms with Crippen LogP contribution in [-0.2, 0) is 10.5 Å². The summed E-state index contributed by atoms with van der Waals surface area (Å²) >= 11 is 1.67. The predicted octanol–water partition coefficient (Wildman–Crippen LogP) is 2.97. The van der Waals surface area contributed by atoms with Crippen LogP contribution in [0.1, 0.15) is 49.0 Å². The first kappa shape index (κ1) is 17.9. The van der Waals surface area contributed by atoms with Crippen molar-refractivity contribution in [1.29, 1.82) is 0 Å². The lowest BCUT2D eigenvalue weighted by molar-refractivity contribution is -0.120. The first-order chi connectivity index (χ1) is 11.1. The van der Waals surface area contributed by atoms with Crippen molar-refractivity contribution < 1.29 is 9.59 Å². The molecule has 0 saturated carbocycles. The van der Waals surface area contributed by atoms with Crippen molar-refractivity contribution in [2.45, 2.75) is 44.1 Å². The maximum Gasteiger partial charge on any atom is 0.251 e. The number of hydrogen-bond acceptors (Lipinski definition) is 3. The average molecular weight is 334 g/mol. The molecule has 0 aromatic heterocycles. The van der Waals surface area contributed by atoms with E-state index in [0.717, 1.165) is 37.1 Å². The maximum atomic E-state index is 12.1. The molecule has 1 aliphatic heterocycles. The van der Waals surface area contributed by atoms with Crippen molar-refractivity contribution in [1.82, 2.24) is 10.6 Å². The number of rotatable bonds is 6. The van der Waals surface area contributed by atoms with Gasteiger partial charge in [0.25, 0.3) is 5.91 Å². The molecule has 2 N–H and O–H groups in total. The van der Waals surface area contributed by atoms with Gasteiger partial charge in [0.15, 0.2) is 0 Å². The molecule has 1 saturated heterocycles. The van der Waals surface area contributed by atoms with E-state index in [4.69, 9.17) is 0 Å². The molecule has 5 heteroatoms. The highest BCUT2D eigenvalue weighted by atomic mass is 32.2. The monoisotopic (exact) mass is 334 g/mol. The average Bonchev–Trinajstić information content (AvgIpc) is 2.75. The minimum atomic E-state index is -0.0299. The molecule has 0 unspecified atom stereocenters. The molecule has 0 radical (unpaired) electrons. The van der Waals surface area contributed by atoms with Crippen molar-refractivity contribution in [2.75, 3.05) is 13.1 Å². The Balaban J connectivity index is 1.91. The van der Waals surface area contributed by atoms with Gasteiger partial charge in [0, 0.05) is 24.4 Å². The van der Waals surface area contributed by atoms with E-state index in [0.29, 0.717) is 18.0 Å². The third kappa shape index (κ3) is 5.90. The Labute approximate surface area is 142 Å². The van der Waals surface area contributed by atoms with Gasteiger partial charge in [0.1, 0.15) is 0 Å². The molecule has 1 heterocycles. The first-order valence-corrected chi connectivity index (χ1v) is 9.37. The lowest BCUT2D eigenvalue weighted by Crippen LogP contribution is -2.30. The van der Waals surface area contributed by atoms with Crippen LogP contribution in [0, 0.1) is 5.92 Å². The van der Waals surface area contributed by atoms with Crippen LogP contribution < -0.4 is 10.6 Å². The van der Waals surface area contributed by atoms with Crippen LogP contribution in [0.3, 0.4) is 0 Å². The van der Waals surface area contributed by atoms with Crippen LogP contribution in [0.15, 0.2) is 24.3 Å². The molecule has 1 aliphatic rings. The van der Waals surface area contributed by atoms with Crippen molar-refractivity contribution in [3.63, 3.8) is 0 Å². The van der Waals surface area contributed by atoms with E-state index in [1.54, 1.807) is 11.8 Å². The number of carbonyl (C=O) groups is 2. The molecule has 0 spiro atoms. The number of amides is 2. The van der Waals surface area contributed by atoms with Gasteiger partial charge in [0.05, 0.1) is 5.25 Å². The summed E-state index contributed by atoms with van der Waals surface area (Å²) in [5, 5.41) is 5.92. The summed E-state index contributed by atoms with van der Waals surface area (Å²) < 4.78 is 0. The number of benzene rings is 1. The number of thioether (sulfide) groups is 1. The molecule has 1 atom stereocenters. The Hall–Kier alpha value is -1.49. The summed E-state index contributed by atoms with van der Waals surface area (Å²) in [5.41, 5.74) is 1.78. The van der Waals surface area contributed by atoms with E-state index >= 15 is 0 Å². The molecule has 0 aliphatic carbocycles. The van der Waals surface area contributed by atoms with E-state index in [1.165, 1.54) is 0 Å². The Kier molecular flexibility index (Phi) is 6.96. The first-order valence-electron chi connectivity index (χ1n) is 8.32. The van der Waals surface area contributed by atoms with E-state index < -0.39 is 0 Å². The fourth-order valence-corrected chi connectivity index (χ4v) is 3.61. The SMILES string of the molecule is CC(C)CNC(=O)c1cccc(CS[C@H]2CCCCNC2=O)c1. The van der Waals surface area contributed by atoms with Gasteiger partial charge in [-0.25, -0.2) is 0 Å². The van der Waals surface area contributed by atoms with Crippen LogP contribution in [0.5, 0.6) is 0 Å². The summed E-state index contributed by atoms with van der Waals surface area (Å²) in [6, 6.07) is 7.69. The highest BCUT2D eigenvalue weighted by Gasteiger charge is 2.20. The van der Waals surface area contributed by atoms with Crippen LogP contribution in [0.25, 0.3) is 0 Å². The molecule has 0 bridgehead atoms. The van der Waals surface area contributed by atoms with Crippen LogP contribution in [0.2, 0.25) is 0 Å². The molecule has 2 rings (SSSR count). The van der Waals surface area contributed by atoms with Gasteiger partial charge in [-0.3, -0.25) is 9.59 Å². The Morgan fingerprint density at radius 2 is 2.22 bits per heavy atom. The minimum Gasteiger partial charge on any atom is -0.355 e. The highest BCUT2D eigenvalue weighted by molar-refractivity contribution is 7.99. The zero-order chi connectivity index (χ0) is 16.7. The molecule has 2 amide bonds. The number of carbonyl (C=O) groups excluding carboxylic acids is 2. The molecule has 1 fully saturated rings. The smallest absolute Gasteiger partial charge is 0.251 e. The van der Waals surface area contributed by atoms with E-state index in [9.17, 15) is 9.59 Å². The Bertz CT molecular complexity index is 546. The van der Waals surface area contributed by atoms with Crippen molar-refractivity contribution in [3.8, 4) is 0 Å². The minimum absolute atomic E-state index is 0.0240. The third-order valence-corrected chi connectivity index (χ3v) is 5.15. The standard InChI is InChI=1S/C18H26N2O2S/c1-13(2)11-20-17(21)15-7-5-6-14(10-15)12-23-16-8-3-4-9-19-18(16)22/h5-7,10,13,16H,3-4,8-9,11-12H2,1-2H3,(H,19,22)(H,20,21)/t16-/m0/s1. The second kappa shape index (κ2) is 8.96. The number of nitrogens with one attached hydrogen (secondary N) is 2.